The number of hydrogen-bond donors (Lipinski definition) is 0. The van der Waals surface area contributed by atoms with Crippen LogP contribution in [0.25, 0.3) is 0 Å². The van der Waals surface area contributed by atoms with Gasteiger partial charge >= 0.3 is 0 Å². The second-order valence-corrected chi connectivity index (χ2v) is 0.707. The molecule has 0 nitrogen and oxygen atoms in total. The fraction of sp³-hybridized carbons (Fsp3) is 1.00. The van der Waals surface area contributed by atoms with E-state index in [1.807, 2.05) is 0 Å². The van der Waals surface area contributed by atoms with E-state index in [4.69, 9.17) is 0 Å². The van der Waals surface area contributed by atoms with E-state index in [0.717, 1.165) is 0 Å². The molecule has 0 bridgehead atoms. The van der Waals surface area contributed by atoms with Crippen molar-refractivity contribution < 1.29 is 21.1 Å². The van der Waals surface area contributed by atoms with Crippen molar-refractivity contribution in [2.75, 3.05) is 0 Å². The van der Waals surface area contributed by atoms with Crippen LogP contribution in [0.1, 0.15) is 35.1 Å². The predicted octanol–water partition coefficient (Wildman–Crippen LogP) is 2.69. The van der Waals surface area contributed by atoms with Crippen LogP contribution < -0.4 is 0 Å². The molecular weight excluding hydrogens is 244 g/mol. The topological polar surface area (TPSA) is 0 Å². The van der Waals surface area contributed by atoms with Crippen molar-refractivity contribution in [2.45, 2.75) is 35.1 Å². The summed E-state index contributed by atoms with van der Waals surface area (Å²) in [6, 6.07) is 0. The van der Waals surface area contributed by atoms with E-state index in [2.05, 4.69) is 13.8 Å². The van der Waals surface area contributed by atoms with Gasteiger partial charge in [-0.15, -0.1) is 0 Å². The maximum Gasteiger partial charge on any atom is 0 e. The molecule has 6 heavy (non-hydrogen) atoms. The van der Waals surface area contributed by atoms with Crippen molar-refractivity contribution in [2.24, 2.45) is 0 Å². The molecule has 0 aromatic heterocycles. The molecule has 0 fully saturated rings. The quantitative estimate of drug-likeness (QED) is 0.628. The van der Waals surface area contributed by atoms with Crippen LogP contribution >= 0.6 is 0 Å². The molecule has 0 atom stereocenters. The number of hydrogen-bond acceptors (Lipinski definition) is 0. The van der Waals surface area contributed by atoms with E-state index in [-0.39, 0.29) is 35.9 Å². The summed E-state index contributed by atoms with van der Waals surface area (Å²) in [4.78, 5) is 0. The molecule has 0 rings (SSSR count). The Balaban J connectivity index is -0.00000000667. The Morgan fingerprint density at radius 1 is 1.00 bits per heavy atom. The molecule has 0 radical (unpaired) electrons. The van der Waals surface area contributed by atoms with Crippen molar-refractivity contribution in [1.29, 1.82) is 0 Å². The van der Waals surface area contributed by atoms with Crippen LogP contribution in [0.2, 0.25) is 0 Å². The van der Waals surface area contributed by atoms with Crippen molar-refractivity contribution in [1.82, 2.24) is 0 Å². The minimum absolute atomic E-state index is 0. The molecule has 0 spiro atoms. The zero-order valence-electron chi connectivity index (χ0n) is 3.12. The Kier molecular flexibility index (Phi) is 219. The Hall–Kier alpha value is 0.688. The van der Waals surface area contributed by atoms with E-state index in [1.54, 1.807) is 0 Å². The normalized spacial score (nSPS) is 3.00. The monoisotopic (exact) mass is 260 g/mol. The molecule has 42 valence electrons. The van der Waals surface area contributed by atoms with Gasteiger partial charge in [-0.25, -0.2) is 0 Å². The van der Waals surface area contributed by atoms with Gasteiger partial charge < -0.3 is 0 Å². The first kappa shape index (κ1) is 29.9. The van der Waals surface area contributed by atoms with Gasteiger partial charge in [0.2, 0.25) is 0 Å². The average molecular weight is 260 g/mol. The van der Waals surface area contributed by atoms with E-state index >= 15 is 0 Å². The molecule has 0 saturated carbocycles. The third-order valence-corrected chi connectivity index (χ3v) is 0. The van der Waals surface area contributed by atoms with Gasteiger partial charge in [-0.1, -0.05) is 35.1 Å². The van der Waals surface area contributed by atoms with Crippen LogP contribution in [0.15, 0.2) is 0 Å². The Morgan fingerprint density at radius 2 is 1.00 bits per heavy atom. The molecular formula is C5H16W. The Labute approximate surface area is 56.6 Å². The van der Waals surface area contributed by atoms with Crippen LogP contribution in [-0.2, 0) is 21.1 Å². The summed E-state index contributed by atoms with van der Waals surface area (Å²) >= 11 is 0. The van der Waals surface area contributed by atoms with Crippen molar-refractivity contribution in [3.63, 3.8) is 0 Å². The second kappa shape index (κ2) is 43.9. The maximum absolute atomic E-state index is 2.12. The van der Waals surface area contributed by atoms with Gasteiger partial charge in [-0.3, -0.25) is 0 Å². The molecule has 0 aromatic rings. The summed E-state index contributed by atoms with van der Waals surface area (Å²) in [7, 11) is 0. The van der Waals surface area contributed by atoms with Crippen LogP contribution in [0.4, 0.5) is 0 Å². The fourth-order valence-electron chi connectivity index (χ4n) is 0. The van der Waals surface area contributed by atoms with Gasteiger partial charge in [0.1, 0.15) is 0 Å². The third-order valence-electron chi connectivity index (χ3n) is 0. The van der Waals surface area contributed by atoms with E-state index in [0.29, 0.717) is 0 Å². The molecule has 0 amide bonds. The number of rotatable bonds is 0. The third kappa shape index (κ3) is 135. The zero-order chi connectivity index (χ0) is 2.71. The molecule has 0 unspecified atom stereocenters. The summed E-state index contributed by atoms with van der Waals surface area (Å²) < 4.78 is 0. The molecule has 0 aliphatic rings. The Bertz CT molecular complexity index is 3.90. The van der Waals surface area contributed by atoms with Gasteiger partial charge in [0.05, 0.1) is 0 Å². The van der Waals surface area contributed by atoms with E-state index < -0.39 is 0 Å². The molecule has 1 heteroatoms. The van der Waals surface area contributed by atoms with Crippen LogP contribution in [0.3, 0.4) is 0 Å². The first-order valence-electron chi connectivity index (χ1n) is 1.41. The molecule has 0 aromatic carbocycles. The van der Waals surface area contributed by atoms with Gasteiger partial charge in [0.25, 0.3) is 0 Å². The minimum atomic E-state index is 0. The van der Waals surface area contributed by atoms with Crippen LogP contribution in [0.5, 0.6) is 0 Å². The molecule has 0 saturated heterocycles. The first-order valence-corrected chi connectivity index (χ1v) is 1.41. The van der Waals surface area contributed by atoms with Crippen LogP contribution in [0, 0.1) is 0 Å². The summed E-state index contributed by atoms with van der Waals surface area (Å²) in [6.07, 6.45) is 1.25. The van der Waals surface area contributed by atoms with E-state index in [1.165, 1.54) is 6.42 Å². The van der Waals surface area contributed by atoms with Crippen molar-refractivity contribution in [3.8, 4) is 0 Å². The smallest absolute Gasteiger partial charge is 0 e. The fourth-order valence-corrected chi connectivity index (χ4v) is 0. The van der Waals surface area contributed by atoms with Crippen molar-refractivity contribution in [3.05, 3.63) is 0 Å². The summed E-state index contributed by atoms with van der Waals surface area (Å²) in [5.74, 6) is 0. The SMILES string of the molecule is C.C.CCC.[W]. The first-order chi connectivity index (χ1) is 1.41. The molecule has 0 aliphatic heterocycles. The molecule has 0 aliphatic carbocycles. The second-order valence-electron chi connectivity index (χ2n) is 0.707. The average Bonchev–Trinajstić information content (AvgIpc) is 0.918. The minimum Gasteiger partial charge on any atom is -0.0776 e. The standard InChI is InChI=1S/C3H8.2CH4.W/c1-3-2;;;/h3H2,1-2H3;2*1H4;. The van der Waals surface area contributed by atoms with Crippen molar-refractivity contribution >= 4 is 0 Å². The summed E-state index contributed by atoms with van der Waals surface area (Å²) in [5.41, 5.74) is 0. The Morgan fingerprint density at radius 3 is 1.00 bits per heavy atom. The van der Waals surface area contributed by atoms with E-state index in [9.17, 15) is 0 Å². The van der Waals surface area contributed by atoms with Gasteiger partial charge in [-0.05, 0) is 0 Å². The molecule has 0 N–H and O–H groups in total. The molecule has 0 heterocycles. The maximum atomic E-state index is 2.12. The van der Waals surface area contributed by atoms with Crippen LogP contribution in [-0.4, -0.2) is 0 Å². The largest absolute Gasteiger partial charge is 0.0776 e. The summed E-state index contributed by atoms with van der Waals surface area (Å²) in [6.45, 7) is 4.25. The van der Waals surface area contributed by atoms with Gasteiger partial charge in [0.15, 0.2) is 0 Å². The summed E-state index contributed by atoms with van der Waals surface area (Å²) in [5, 5.41) is 0. The predicted molar refractivity (Wildman–Crippen MR) is 29.4 cm³/mol. The zero-order valence-corrected chi connectivity index (χ0v) is 6.05. The van der Waals surface area contributed by atoms with Gasteiger partial charge in [0, 0.05) is 21.1 Å². The van der Waals surface area contributed by atoms with Gasteiger partial charge in [-0.2, -0.15) is 0 Å².